The Morgan fingerprint density at radius 3 is 2.48 bits per heavy atom. The van der Waals surface area contributed by atoms with E-state index in [4.69, 9.17) is 0 Å². The fourth-order valence-electron chi connectivity index (χ4n) is 3.55. The molecule has 0 saturated carbocycles. The number of non-ortho nitro benzene ring substituents is 1. The molecule has 0 aliphatic rings. The van der Waals surface area contributed by atoms with Crippen molar-refractivity contribution in [3.8, 4) is 0 Å². The number of nitrogens with zero attached hydrogens (tertiary/aromatic N) is 2. The largest absolute Gasteiger partial charge is 0.422 e. The number of nitro benzene ring substituents is 1. The molecule has 6 nitrogen and oxygen atoms in total. The second-order valence-electron chi connectivity index (χ2n) is 7.50. The summed E-state index contributed by atoms with van der Waals surface area (Å²) in [5.74, 6) is 0. The summed E-state index contributed by atoms with van der Waals surface area (Å²) in [5.41, 5.74) is -2.64. The van der Waals surface area contributed by atoms with Crippen LogP contribution in [-0.2, 0) is 12.1 Å². The molecule has 2 N–H and O–H groups in total. The smallest absolute Gasteiger partial charge is 0.375 e. The van der Waals surface area contributed by atoms with E-state index in [9.17, 15) is 28.4 Å². The molecule has 3 aromatic rings. The van der Waals surface area contributed by atoms with Crippen molar-refractivity contribution in [2.45, 2.75) is 38.1 Å². The van der Waals surface area contributed by atoms with Gasteiger partial charge < -0.3 is 15.0 Å². The van der Waals surface area contributed by atoms with E-state index in [-0.39, 0.29) is 28.7 Å². The molecule has 166 valence electrons. The fourth-order valence-corrected chi connectivity index (χ4v) is 3.55. The molecule has 1 aromatic heterocycles. The van der Waals surface area contributed by atoms with E-state index < -0.39 is 23.2 Å². The van der Waals surface area contributed by atoms with E-state index in [1.54, 1.807) is 12.1 Å². The Balaban J connectivity index is 2.14. The molecule has 3 rings (SSSR count). The first kappa shape index (κ1) is 22.8. The third-order valence-electron chi connectivity index (χ3n) is 5.27. The van der Waals surface area contributed by atoms with Crippen molar-refractivity contribution in [1.82, 2.24) is 9.88 Å². The van der Waals surface area contributed by atoms with Gasteiger partial charge in [-0.05, 0) is 24.6 Å². The molecule has 0 radical (unpaired) electrons. The first-order valence-electron chi connectivity index (χ1n) is 9.99. The van der Waals surface area contributed by atoms with Crippen LogP contribution >= 0.6 is 0 Å². The van der Waals surface area contributed by atoms with Crippen molar-refractivity contribution in [3.63, 3.8) is 0 Å². The van der Waals surface area contributed by atoms with Gasteiger partial charge in [-0.2, -0.15) is 13.2 Å². The van der Waals surface area contributed by atoms with Crippen molar-refractivity contribution in [2.75, 3.05) is 13.1 Å². The Bertz CT molecular complexity index is 1050. The first-order valence-corrected chi connectivity index (χ1v) is 9.99. The lowest BCUT2D eigenvalue weighted by Crippen LogP contribution is -2.50. The molecule has 9 heteroatoms. The summed E-state index contributed by atoms with van der Waals surface area (Å²) < 4.78 is 43.7. The Kier molecular flexibility index (Phi) is 6.66. The molecule has 1 heterocycles. The van der Waals surface area contributed by atoms with Gasteiger partial charge in [-0.15, -0.1) is 0 Å². The van der Waals surface area contributed by atoms with Crippen molar-refractivity contribution >= 4 is 16.6 Å². The van der Waals surface area contributed by atoms with Gasteiger partial charge in [-0.3, -0.25) is 10.1 Å². The van der Waals surface area contributed by atoms with Gasteiger partial charge in [0.1, 0.15) is 0 Å². The van der Waals surface area contributed by atoms with Crippen LogP contribution in [-0.4, -0.2) is 33.9 Å². The lowest BCUT2D eigenvalue weighted by Gasteiger charge is -2.30. The summed E-state index contributed by atoms with van der Waals surface area (Å²) in [6.45, 7) is 1.75. The van der Waals surface area contributed by atoms with Gasteiger partial charge in [0.25, 0.3) is 5.69 Å². The summed E-state index contributed by atoms with van der Waals surface area (Å²) in [4.78, 5) is 10.6. The predicted octanol–water partition coefficient (Wildman–Crippen LogP) is 4.74. The van der Waals surface area contributed by atoms with Gasteiger partial charge in [0.15, 0.2) is 5.60 Å². The van der Waals surface area contributed by atoms with Gasteiger partial charge in [-0.1, -0.05) is 43.7 Å². The van der Waals surface area contributed by atoms with Crippen molar-refractivity contribution in [3.05, 3.63) is 76.0 Å². The summed E-state index contributed by atoms with van der Waals surface area (Å²) in [6.07, 6.45) is -2.22. The Labute approximate surface area is 177 Å². The average molecular weight is 435 g/mol. The average Bonchev–Trinajstić information content (AvgIpc) is 3.09. The van der Waals surface area contributed by atoms with Crippen molar-refractivity contribution < 1.29 is 23.2 Å². The number of unbranched alkanes of at least 4 members (excludes halogenated alkanes) is 1. The van der Waals surface area contributed by atoms with Crippen LogP contribution in [0.3, 0.4) is 0 Å². The van der Waals surface area contributed by atoms with Crippen LogP contribution in [0.2, 0.25) is 0 Å². The van der Waals surface area contributed by atoms with Crippen molar-refractivity contribution in [1.29, 1.82) is 0 Å². The quantitative estimate of drug-likeness (QED) is 0.289. The number of aliphatic hydroxyl groups is 1. The molecule has 31 heavy (non-hydrogen) atoms. The number of fused-ring (bicyclic) bond motifs is 1. The summed E-state index contributed by atoms with van der Waals surface area (Å²) in [7, 11) is 0. The molecule has 1 unspecified atom stereocenters. The SMILES string of the molecule is CCCCNCC(O)(c1cn(Cc2ccccc2)c2cc([N+](=O)[O-])ccc12)C(F)(F)F. The Hall–Kier alpha value is -2.91. The molecule has 0 spiro atoms. The second-order valence-corrected chi connectivity index (χ2v) is 7.50. The zero-order chi connectivity index (χ0) is 22.6. The first-order chi connectivity index (χ1) is 14.7. The number of alkyl halides is 3. The van der Waals surface area contributed by atoms with Crippen LogP contribution in [0.25, 0.3) is 10.9 Å². The normalized spacial score (nSPS) is 14.0. The zero-order valence-corrected chi connectivity index (χ0v) is 17.0. The van der Waals surface area contributed by atoms with E-state index in [0.717, 1.165) is 18.1 Å². The van der Waals surface area contributed by atoms with Crippen molar-refractivity contribution in [2.24, 2.45) is 0 Å². The molecule has 2 aromatic carbocycles. The molecule has 0 fully saturated rings. The fraction of sp³-hybridized carbons (Fsp3) is 0.364. The number of benzene rings is 2. The molecular weight excluding hydrogens is 411 g/mol. The molecule has 0 aliphatic carbocycles. The highest BCUT2D eigenvalue weighted by Gasteiger charge is 2.56. The number of rotatable bonds is 9. The minimum absolute atomic E-state index is 0.124. The molecular formula is C22H24F3N3O3. The topological polar surface area (TPSA) is 80.3 Å². The maximum atomic E-state index is 14.1. The lowest BCUT2D eigenvalue weighted by atomic mass is 9.92. The van der Waals surface area contributed by atoms with Crippen LogP contribution in [0.4, 0.5) is 18.9 Å². The van der Waals surface area contributed by atoms with Crippen LogP contribution < -0.4 is 5.32 Å². The predicted molar refractivity (Wildman–Crippen MR) is 112 cm³/mol. The highest BCUT2D eigenvalue weighted by atomic mass is 19.4. The number of nitrogens with one attached hydrogen (secondary N) is 1. The Morgan fingerprint density at radius 2 is 1.87 bits per heavy atom. The number of halogens is 3. The van der Waals surface area contributed by atoms with Crippen LogP contribution in [0.15, 0.2) is 54.7 Å². The second kappa shape index (κ2) is 9.07. The number of aromatic nitrogens is 1. The highest BCUT2D eigenvalue weighted by Crippen LogP contribution is 2.43. The molecule has 0 aliphatic heterocycles. The molecule has 0 bridgehead atoms. The van der Waals surface area contributed by atoms with Gasteiger partial charge >= 0.3 is 6.18 Å². The summed E-state index contributed by atoms with van der Waals surface area (Å²) in [6, 6.07) is 12.7. The van der Waals surface area contributed by atoms with E-state index in [1.807, 2.05) is 25.1 Å². The molecule has 0 saturated heterocycles. The lowest BCUT2D eigenvalue weighted by molar-refractivity contribution is -0.384. The van der Waals surface area contributed by atoms with E-state index >= 15 is 0 Å². The van der Waals surface area contributed by atoms with Crippen LogP contribution in [0.5, 0.6) is 0 Å². The monoisotopic (exact) mass is 435 g/mol. The Morgan fingerprint density at radius 1 is 1.16 bits per heavy atom. The summed E-state index contributed by atoms with van der Waals surface area (Å²) in [5, 5.41) is 24.9. The third kappa shape index (κ3) is 4.72. The molecule has 0 amide bonds. The maximum Gasteiger partial charge on any atom is 0.422 e. The number of nitro groups is 1. The third-order valence-corrected chi connectivity index (χ3v) is 5.27. The number of hydrogen-bond donors (Lipinski definition) is 2. The van der Waals surface area contributed by atoms with Gasteiger partial charge in [0.2, 0.25) is 0 Å². The van der Waals surface area contributed by atoms with Crippen LogP contribution in [0, 0.1) is 10.1 Å². The minimum Gasteiger partial charge on any atom is -0.375 e. The highest BCUT2D eigenvalue weighted by molar-refractivity contribution is 5.87. The summed E-state index contributed by atoms with van der Waals surface area (Å²) >= 11 is 0. The molecule has 1 atom stereocenters. The standard InChI is InChI=1S/C22H24F3N3O3/c1-2-3-11-26-15-21(29,22(23,24)25)19-14-27(13-16-7-5-4-6-8-16)20-12-17(28(30)31)9-10-18(19)20/h4-10,12,14,26,29H,2-3,11,13,15H2,1H3. The van der Waals surface area contributed by atoms with Gasteiger partial charge in [-0.25, -0.2) is 0 Å². The van der Waals surface area contributed by atoms with E-state index in [0.29, 0.717) is 13.0 Å². The number of hydrogen-bond acceptors (Lipinski definition) is 4. The van der Waals surface area contributed by atoms with Gasteiger partial charge in [0.05, 0.1) is 10.4 Å². The van der Waals surface area contributed by atoms with E-state index in [1.165, 1.54) is 22.9 Å². The van der Waals surface area contributed by atoms with Gasteiger partial charge in [0, 0.05) is 42.4 Å². The van der Waals surface area contributed by atoms with E-state index in [2.05, 4.69) is 5.32 Å². The zero-order valence-electron chi connectivity index (χ0n) is 17.0. The minimum atomic E-state index is -4.94. The van der Waals surface area contributed by atoms with Crippen LogP contribution in [0.1, 0.15) is 30.9 Å². The maximum absolute atomic E-state index is 14.1.